The average Bonchev–Trinajstić information content (AvgIpc) is 2.41. The van der Waals surface area contributed by atoms with E-state index in [1.807, 2.05) is 0 Å². The van der Waals surface area contributed by atoms with Gasteiger partial charge in [-0.05, 0) is 19.3 Å². The van der Waals surface area contributed by atoms with Crippen molar-refractivity contribution in [3.8, 4) is 0 Å². The molecule has 4 heteroatoms. The summed E-state index contributed by atoms with van der Waals surface area (Å²) in [7, 11) is 0. The Balaban J connectivity index is 2.15. The molecule has 1 atom stereocenters. The molecule has 0 aromatic carbocycles. The molecule has 14 heavy (non-hydrogen) atoms. The zero-order chi connectivity index (χ0) is 9.97. The van der Waals surface area contributed by atoms with Gasteiger partial charge in [-0.1, -0.05) is 6.42 Å². The number of hydrogen-bond donors (Lipinski definition) is 1. The Labute approximate surface area is 82.9 Å². The van der Waals surface area contributed by atoms with E-state index in [9.17, 15) is 4.79 Å². The van der Waals surface area contributed by atoms with Crippen molar-refractivity contribution in [2.75, 3.05) is 6.54 Å². The molecule has 2 rings (SSSR count). The summed E-state index contributed by atoms with van der Waals surface area (Å²) in [5, 5.41) is 8.81. The van der Waals surface area contributed by atoms with Crippen molar-refractivity contribution in [1.29, 1.82) is 0 Å². The van der Waals surface area contributed by atoms with Crippen LogP contribution >= 0.6 is 0 Å². The van der Waals surface area contributed by atoms with Crippen LogP contribution in [0.1, 0.15) is 25.7 Å². The van der Waals surface area contributed by atoms with Gasteiger partial charge in [-0.25, -0.2) is 4.79 Å². The molecular weight excluding hydrogens is 180 g/mol. The molecule has 0 amide bonds. The molecule has 1 fully saturated rings. The van der Waals surface area contributed by atoms with E-state index in [2.05, 4.69) is 9.89 Å². The summed E-state index contributed by atoms with van der Waals surface area (Å²) in [5.74, 6) is -0.892. The van der Waals surface area contributed by atoms with Gasteiger partial charge >= 0.3 is 5.97 Å². The van der Waals surface area contributed by atoms with Crippen LogP contribution in [0.2, 0.25) is 0 Å². The van der Waals surface area contributed by atoms with Crippen LogP contribution in [-0.2, 0) is 4.79 Å². The quantitative estimate of drug-likeness (QED) is 0.683. The van der Waals surface area contributed by atoms with Gasteiger partial charge < -0.3 is 10.0 Å². The summed E-state index contributed by atoms with van der Waals surface area (Å²) in [5.41, 5.74) is 0.295. The van der Waals surface area contributed by atoms with Gasteiger partial charge in [-0.3, -0.25) is 4.99 Å². The number of carboxylic acid groups (broad SMARTS) is 1. The maximum absolute atomic E-state index is 10.7. The van der Waals surface area contributed by atoms with Crippen molar-refractivity contribution in [1.82, 2.24) is 4.90 Å². The molecule has 0 bridgehead atoms. The fourth-order valence-electron chi connectivity index (χ4n) is 1.91. The third-order valence-corrected chi connectivity index (χ3v) is 2.70. The van der Waals surface area contributed by atoms with Crippen LogP contribution in [-0.4, -0.2) is 34.9 Å². The van der Waals surface area contributed by atoms with Crippen LogP contribution in [0.15, 0.2) is 16.8 Å². The summed E-state index contributed by atoms with van der Waals surface area (Å²) in [6, 6.07) is 0. The van der Waals surface area contributed by atoms with Gasteiger partial charge in [-0.15, -0.1) is 0 Å². The molecule has 2 aliphatic heterocycles. The summed E-state index contributed by atoms with van der Waals surface area (Å²) in [6.07, 6.45) is 7.98. The fraction of sp³-hybridized carbons (Fsp3) is 0.600. The molecule has 1 saturated heterocycles. The molecule has 0 spiro atoms. The van der Waals surface area contributed by atoms with Crippen LogP contribution in [0, 0.1) is 0 Å². The van der Waals surface area contributed by atoms with Crippen LogP contribution in [0.25, 0.3) is 0 Å². The van der Waals surface area contributed by atoms with Crippen molar-refractivity contribution in [3.63, 3.8) is 0 Å². The zero-order valence-corrected chi connectivity index (χ0v) is 8.02. The van der Waals surface area contributed by atoms with Crippen molar-refractivity contribution < 1.29 is 9.90 Å². The molecule has 1 unspecified atom stereocenters. The molecule has 0 aromatic heterocycles. The number of nitrogens with zero attached hydrogens (tertiary/aromatic N) is 2. The van der Waals surface area contributed by atoms with E-state index in [4.69, 9.17) is 5.11 Å². The highest BCUT2D eigenvalue weighted by atomic mass is 16.4. The maximum Gasteiger partial charge on any atom is 0.338 e. The summed E-state index contributed by atoms with van der Waals surface area (Å²) >= 11 is 0. The first-order chi connectivity index (χ1) is 6.77. The van der Waals surface area contributed by atoms with Crippen molar-refractivity contribution >= 4 is 12.2 Å². The van der Waals surface area contributed by atoms with Gasteiger partial charge in [0.05, 0.1) is 5.57 Å². The van der Waals surface area contributed by atoms with Gasteiger partial charge in [0.15, 0.2) is 0 Å². The lowest BCUT2D eigenvalue weighted by Crippen LogP contribution is -2.32. The van der Waals surface area contributed by atoms with E-state index < -0.39 is 5.97 Å². The number of rotatable bonds is 1. The highest BCUT2D eigenvalue weighted by Crippen LogP contribution is 2.21. The van der Waals surface area contributed by atoms with E-state index in [0.29, 0.717) is 5.57 Å². The molecule has 76 valence electrons. The minimum Gasteiger partial charge on any atom is -0.478 e. The summed E-state index contributed by atoms with van der Waals surface area (Å²) in [4.78, 5) is 17.0. The van der Waals surface area contributed by atoms with Crippen LogP contribution in [0.5, 0.6) is 0 Å². The van der Waals surface area contributed by atoms with Gasteiger partial charge in [0.1, 0.15) is 6.17 Å². The normalized spacial score (nSPS) is 26.4. The second-order valence-electron chi connectivity index (χ2n) is 3.74. The lowest BCUT2D eigenvalue weighted by molar-refractivity contribution is -0.132. The first kappa shape index (κ1) is 9.24. The van der Waals surface area contributed by atoms with Crippen molar-refractivity contribution in [3.05, 3.63) is 11.8 Å². The minimum absolute atomic E-state index is 0.181. The lowest BCUT2D eigenvalue weighted by Gasteiger charge is -2.28. The molecule has 1 N–H and O–H groups in total. The van der Waals surface area contributed by atoms with E-state index in [1.54, 1.807) is 6.20 Å². The Morgan fingerprint density at radius 2 is 2.36 bits per heavy atom. The minimum atomic E-state index is -0.892. The van der Waals surface area contributed by atoms with Gasteiger partial charge in [0, 0.05) is 19.0 Å². The Morgan fingerprint density at radius 3 is 3.14 bits per heavy atom. The molecule has 0 radical (unpaired) electrons. The number of hydrogen-bond acceptors (Lipinski definition) is 3. The SMILES string of the molecule is O=C(O)C1=CN2CCCCCC2N=C1. The van der Waals surface area contributed by atoms with Crippen LogP contribution in [0.4, 0.5) is 0 Å². The number of aliphatic imine (C=N–C) groups is 1. The first-order valence-corrected chi connectivity index (χ1v) is 5.01. The van der Waals surface area contributed by atoms with Crippen molar-refractivity contribution in [2.24, 2.45) is 4.99 Å². The number of fused-ring (bicyclic) bond motifs is 1. The van der Waals surface area contributed by atoms with Crippen LogP contribution in [0.3, 0.4) is 0 Å². The predicted octanol–water partition coefficient (Wildman–Crippen LogP) is 1.24. The van der Waals surface area contributed by atoms with Gasteiger partial charge in [0.25, 0.3) is 0 Å². The largest absolute Gasteiger partial charge is 0.478 e. The Bertz CT molecular complexity index is 296. The summed E-state index contributed by atoms with van der Waals surface area (Å²) in [6.45, 7) is 0.929. The number of carboxylic acids is 1. The Morgan fingerprint density at radius 1 is 1.50 bits per heavy atom. The van der Waals surface area contributed by atoms with Crippen LogP contribution < -0.4 is 0 Å². The molecule has 2 aliphatic rings. The predicted molar refractivity (Wildman–Crippen MR) is 53.2 cm³/mol. The van der Waals surface area contributed by atoms with E-state index >= 15 is 0 Å². The van der Waals surface area contributed by atoms with Crippen molar-refractivity contribution in [2.45, 2.75) is 31.8 Å². The molecule has 0 aliphatic carbocycles. The Hall–Kier alpha value is -1.32. The Kier molecular flexibility index (Phi) is 2.52. The van der Waals surface area contributed by atoms with Gasteiger partial charge in [0.2, 0.25) is 0 Å². The maximum atomic E-state index is 10.7. The highest BCUT2D eigenvalue weighted by Gasteiger charge is 2.22. The molecule has 0 saturated carbocycles. The topological polar surface area (TPSA) is 52.9 Å². The molecule has 2 heterocycles. The average molecular weight is 194 g/mol. The van der Waals surface area contributed by atoms with E-state index in [1.165, 1.54) is 19.1 Å². The second-order valence-corrected chi connectivity index (χ2v) is 3.74. The molecule has 0 aromatic rings. The number of aliphatic carboxylic acids is 1. The third kappa shape index (κ3) is 1.78. The summed E-state index contributed by atoms with van der Waals surface area (Å²) < 4.78 is 0. The first-order valence-electron chi connectivity index (χ1n) is 5.01. The standard InChI is InChI=1S/C10H14N2O2/c13-10(14)8-6-11-9-4-2-1-3-5-12(9)7-8/h6-7,9H,1-5H2,(H,13,14). The molecule has 4 nitrogen and oxygen atoms in total. The number of carbonyl (C=O) groups is 1. The zero-order valence-electron chi connectivity index (χ0n) is 8.02. The highest BCUT2D eigenvalue weighted by molar-refractivity contribution is 6.08. The third-order valence-electron chi connectivity index (χ3n) is 2.70. The monoisotopic (exact) mass is 194 g/mol. The van der Waals surface area contributed by atoms with E-state index in [0.717, 1.165) is 19.4 Å². The lowest BCUT2D eigenvalue weighted by atomic mass is 10.2. The van der Waals surface area contributed by atoms with Gasteiger partial charge in [-0.2, -0.15) is 0 Å². The second kappa shape index (κ2) is 3.82. The van der Waals surface area contributed by atoms with E-state index in [-0.39, 0.29) is 6.17 Å². The molecular formula is C10H14N2O2. The smallest absolute Gasteiger partial charge is 0.338 e. The fourth-order valence-corrected chi connectivity index (χ4v) is 1.91.